The summed E-state index contributed by atoms with van der Waals surface area (Å²) in [6, 6.07) is 10.7. The lowest BCUT2D eigenvalue weighted by Gasteiger charge is -2.36. The maximum Gasteiger partial charge on any atom is 0.423 e. The highest BCUT2D eigenvalue weighted by Gasteiger charge is 2.39. The van der Waals surface area contributed by atoms with Crippen LogP contribution in [0.5, 0.6) is 5.75 Å². The highest BCUT2D eigenvalue weighted by molar-refractivity contribution is 5.62. The maximum absolute atomic E-state index is 13.5. The van der Waals surface area contributed by atoms with Gasteiger partial charge in [0, 0.05) is 58.2 Å². The van der Waals surface area contributed by atoms with Gasteiger partial charge in [0.1, 0.15) is 28.8 Å². The third-order valence-electron chi connectivity index (χ3n) is 5.54. The lowest BCUT2D eigenvalue weighted by molar-refractivity contribution is -0.138. The second-order valence-corrected chi connectivity index (χ2v) is 8.30. The Bertz CT molecular complexity index is 1140. The molecule has 2 N–H and O–H groups in total. The van der Waals surface area contributed by atoms with Crippen LogP contribution in [0, 0.1) is 6.92 Å². The number of alkyl halides is 3. The predicted octanol–water partition coefficient (Wildman–Crippen LogP) is 4.04. The number of rotatable bonds is 5. The smallest absolute Gasteiger partial charge is 0.423 e. The minimum Gasteiger partial charge on any atom is -0.507 e. The zero-order chi connectivity index (χ0) is 24.5. The average Bonchev–Trinajstić information content (AvgIpc) is 2.79. The van der Waals surface area contributed by atoms with Gasteiger partial charge in [0.2, 0.25) is 5.95 Å². The molecule has 1 aromatic carbocycles. The van der Waals surface area contributed by atoms with E-state index in [0.29, 0.717) is 30.7 Å². The molecule has 1 saturated heterocycles. The number of aromatic hydroxyl groups is 1. The van der Waals surface area contributed by atoms with Crippen molar-refractivity contribution in [3.63, 3.8) is 0 Å². The third-order valence-corrected chi connectivity index (χ3v) is 5.54. The minimum absolute atomic E-state index is 0.267. The summed E-state index contributed by atoms with van der Waals surface area (Å²) >= 11 is 0. The first-order valence-electron chi connectivity index (χ1n) is 10.8. The number of nitrogens with zero attached hydrogens (tertiary/aromatic N) is 6. The number of aromatic nitrogens is 3. The van der Waals surface area contributed by atoms with Gasteiger partial charge in [0.15, 0.2) is 0 Å². The summed E-state index contributed by atoms with van der Waals surface area (Å²) in [7, 11) is 3.76. The van der Waals surface area contributed by atoms with Crippen molar-refractivity contribution in [1.82, 2.24) is 15.0 Å². The fourth-order valence-electron chi connectivity index (χ4n) is 3.71. The Labute approximate surface area is 195 Å². The van der Waals surface area contributed by atoms with Gasteiger partial charge in [-0.3, -0.25) is 0 Å². The van der Waals surface area contributed by atoms with E-state index >= 15 is 0 Å². The molecule has 0 radical (unpaired) electrons. The molecule has 0 bridgehead atoms. The van der Waals surface area contributed by atoms with E-state index in [2.05, 4.69) is 20.3 Å². The number of hydrogen-bond acceptors (Lipinski definition) is 8. The summed E-state index contributed by atoms with van der Waals surface area (Å²) in [5.74, 6) is 0.719. The van der Waals surface area contributed by atoms with Crippen molar-refractivity contribution in [2.24, 2.45) is 0 Å². The molecule has 8 nitrogen and oxygen atoms in total. The van der Waals surface area contributed by atoms with Gasteiger partial charge in [-0.1, -0.05) is 17.7 Å². The van der Waals surface area contributed by atoms with Gasteiger partial charge in [-0.15, -0.1) is 0 Å². The zero-order valence-electron chi connectivity index (χ0n) is 19.1. The average molecular weight is 474 g/mol. The minimum atomic E-state index is -4.70. The Hall–Kier alpha value is -3.76. The molecule has 1 aliphatic rings. The number of pyridine rings is 1. The number of anilines is 5. The molecular formula is C23H26F3N7O. The van der Waals surface area contributed by atoms with Crippen LogP contribution in [-0.2, 0) is 6.18 Å². The Morgan fingerprint density at radius 3 is 2.24 bits per heavy atom. The molecule has 0 amide bonds. The highest BCUT2D eigenvalue weighted by atomic mass is 19.4. The molecule has 1 aliphatic heterocycles. The van der Waals surface area contributed by atoms with Gasteiger partial charge in [0.05, 0.1) is 0 Å². The van der Waals surface area contributed by atoms with E-state index in [4.69, 9.17) is 0 Å². The summed E-state index contributed by atoms with van der Waals surface area (Å²) in [4.78, 5) is 18.5. The number of aryl methyl sites for hydroxylation is 1. The van der Waals surface area contributed by atoms with E-state index in [1.165, 1.54) is 11.1 Å². The molecule has 0 unspecified atom stereocenters. The molecule has 0 aliphatic carbocycles. The molecule has 4 rings (SSSR count). The van der Waals surface area contributed by atoms with Gasteiger partial charge in [0.25, 0.3) is 0 Å². The van der Waals surface area contributed by atoms with Crippen molar-refractivity contribution in [2.75, 3.05) is 60.3 Å². The number of nitrogens with one attached hydrogen (secondary N) is 1. The highest BCUT2D eigenvalue weighted by Crippen LogP contribution is 2.41. The van der Waals surface area contributed by atoms with Gasteiger partial charge < -0.3 is 25.1 Å². The van der Waals surface area contributed by atoms with E-state index in [1.54, 1.807) is 0 Å². The third kappa shape index (κ3) is 5.08. The summed E-state index contributed by atoms with van der Waals surface area (Å²) in [6.07, 6.45) is -3.52. The van der Waals surface area contributed by atoms with E-state index in [0.717, 1.165) is 17.3 Å². The first kappa shape index (κ1) is 23.4. The Kier molecular flexibility index (Phi) is 6.36. The van der Waals surface area contributed by atoms with E-state index in [-0.39, 0.29) is 18.9 Å². The van der Waals surface area contributed by atoms with Gasteiger partial charge in [-0.2, -0.15) is 23.1 Å². The van der Waals surface area contributed by atoms with Crippen molar-refractivity contribution < 1.29 is 18.3 Å². The van der Waals surface area contributed by atoms with Crippen LogP contribution in [0.4, 0.5) is 42.3 Å². The zero-order valence-corrected chi connectivity index (χ0v) is 19.1. The molecule has 3 heterocycles. The van der Waals surface area contributed by atoms with Gasteiger partial charge in [-0.05, 0) is 25.1 Å². The van der Waals surface area contributed by atoms with Crippen LogP contribution in [0.15, 0.2) is 42.6 Å². The van der Waals surface area contributed by atoms with Crippen LogP contribution in [0.25, 0.3) is 0 Å². The number of piperazine rings is 1. The number of halogens is 3. The van der Waals surface area contributed by atoms with Crippen LogP contribution in [0.3, 0.4) is 0 Å². The van der Waals surface area contributed by atoms with Crippen molar-refractivity contribution in [3.05, 3.63) is 53.7 Å². The normalized spacial score (nSPS) is 14.3. The molecule has 3 aromatic rings. The van der Waals surface area contributed by atoms with E-state index in [9.17, 15) is 18.3 Å². The largest absolute Gasteiger partial charge is 0.507 e. The standard InChI is InChI=1S/C23H26F3N7O/c1-15-4-6-16(7-5-15)28-18-14-19(31(2)3)30-22(29-18)33-12-10-32(11-13-33)21-20(23(24,25)26)17(34)8-9-27-21/h4-9,14H,10-13H2,1-3H3,(H,27,34)(H,28,29,30). The summed E-state index contributed by atoms with van der Waals surface area (Å²) in [5, 5.41) is 13.1. The van der Waals surface area contributed by atoms with Crippen LogP contribution in [-0.4, -0.2) is 60.3 Å². The maximum atomic E-state index is 13.5. The van der Waals surface area contributed by atoms with E-state index in [1.807, 2.05) is 61.2 Å². The van der Waals surface area contributed by atoms with Crippen molar-refractivity contribution in [3.8, 4) is 5.75 Å². The fraction of sp³-hybridized carbons (Fsp3) is 0.348. The SMILES string of the molecule is Cc1ccc(Nc2cc(N(C)C)nc(N3CCN(c4nccc(O)c4C(F)(F)F)CC3)n2)cc1. The van der Waals surface area contributed by atoms with Gasteiger partial charge in [-0.25, -0.2) is 4.98 Å². The first-order valence-corrected chi connectivity index (χ1v) is 10.8. The fourth-order valence-corrected chi connectivity index (χ4v) is 3.71. The summed E-state index contributed by atoms with van der Waals surface area (Å²) in [6.45, 7) is 3.36. The van der Waals surface area contributed by atoms with Crippen LogP contribution >= 0.6 is 0 Å². The summed E-state index contributed by atoms with van der Waals surface area (Å²) in [5.41, 5.74) is 0.925. The van der Waals surface area contributed by atoms with E-state index < -0.39 is 17.5 Å². The Morgan fingerprint density at radius 1 is 0.971 bits per heavy atom. The molecule has 1 fully saturated rings. The molecule has 34 heavy (non-hydrogen) atoms. The van der Waals surface area contributed by atoms with Crippen molar-refractivity contribution >= 4 is 29.1 Å². The lowest BCUT2D eigenvalue weighted by Crippen LogP contribution is -2.48. The molecule has 0 saturated carbocycles. The van der Waals surface area contributed by atoms with Crippen LogP contribution in [0.2, 0.25) is 0 Å². The molecule has 180 valence electrons. The number of hydrogen-bond donors (Lipinski definition) is 2. The number of benzene rings is 1. The molecule has 0 spiro atoms. The topological polar surface area (TPSA) is 80.7 Å². The lowest BCUT2D eigenvalue weighted by atomic mass is 10.2. The molecule has 2 aromatic heterocycles. The second-order valence-electron chi connectivity index (χ2n) is 8.30. The monoisotopic (exact) mass is 473 g/mol. The van der Waals surface area contributed by atoms with Crippen LogP contribution < -0.4 is 20.0 Å². The van der Waals surface area contributed by atoms with Crippen molar-refractivity contribution in [1.29, 1.82) is 0 Å². The second kappa shape index (κ2) is 9.24. The Balaban J connectivity index is 1.55. The van der Waals surface area contributed by atoms with Crippen molar-refractivity contribution in [2.45, 2.75) is 13.1 Å². The van der Waals surface area contributed by atoms with Crippen LogP contribution in [0.1, 0.15) is 11.1 Å². The Morgan fingerprint density at radius 2 is 1.62 bits per heavy atom. The summed E-state index contributed by atoms with van der Waals surface area (Å²) < 4.78 is 40.5. The van der Waals surface area contributed by atoms with Gasteiger partial charge >= 0.3 is 6.18 Å². The molecular weight excluding hydrogens is 447 g/mol. The molecule has 0 atom stereocenters. The quantitative estimate of drug-likeness (QED) is 0.575. The predicted molar refractivity (Wildman–Crippen MR) is 126 cm³/mol. The first-order chi connectivity index (χ1) is 16.1. The molecule has 11 heteroatoms.